The van der Waals surface area contributed by atoms with Crippen LogP contribution in [0.25, 0.3) is 6.08 Å². The van der Waals surface area contributed by atoms with Gasteiger partial charge in [0.2, 0.25) is 6.79 Å². The highest BCUT2D eigenvalue weighted by Crippen LogP contribution is 2.36. The van der Waals surface area contributed by atoms with E-state index in [4.69, 9.17) is 32.7 Å². The lowest BCUT2D eigenvalue weighted by Gasteiger charge is -2.13. The van der Waals surface area contributed by atoms with Gasteiger partial charge in [-0.25, -0.2) is 0 Å². The highest BCUT2D eigenvalue weighted by atomic mass is 35.5. The lowest BCUT2D eigenvalue weighted by Crippen LogP contribution is -2.37. The van der Waals surface area contributed by atoms with Gasteiger partial charge in [-0.2, -0.15) is 0 Å². The highest BCUT2D eigenvalue weighted by Gasteiger charge is 2.34. The zero-order valence-electron chi connectivity index (χ0n) is 15.3. The van der Waals surface area contributed by atoms with Gasteiger partial charge >= 0.3 is 0 Å². The van der Waals surface area contributed by atoms with Crippen LogP contribution in [0.1, 0.15) is 15.9 Å². The van der Waals surface area contributed by atoms with Crippen molar-refractivity contribution in [1.82, 2.24) is 10.2 Å². The summed E-state index contributed by atoms with van der Waals surface area (Å²) in [7, 11) is 0. The van der Waals surface area contributed by atoms with E-state index >= 15 is 0 Å². The first kappa shape index (κ1) is 20.6. The standard InChI is InChI=1S/C20H14Cl2N2O5S/c21-13-3-2-12(9-14(13)22)18(25)23-5-6-24-19(26)17(30-20(24)27)8-11-1-4-15-16(7-11)29-10-28-15/h1-4,7-9H,5-6,10H2,(H,23,25)/b17-8-. The Balaban J connectivity index is 1.37. The molecule has 2 heterocycles. The van der Waals surface area contributed by atoms with E-state index in [1.54, 1.807) is 24.3 Å². The third-order valence-electron chi connectivity index (χ3n) is 4.37. The van der Waals surface area contributed by atoms with Gasteiger partial charge in [-0.3, -0.25) is 19.3 Å². The fraction of sp³-hybridized carbons (Fsp3) is 0.150. The molecule has 1 N–H and O–H groups in total. The molecular weight excluding hydrogens is 451 g/mol. The van der Waals surface area contributed by atoms with Crippen LogP contribution >= 0.6 is 35.0 Å². The molecule has 1 saturated heterocycles. The highest BCUT2D eigenvalue weighted by molar-refractivity contribution is 8.18. The molecular formula is C20H14Cl2N2O5S. The molecule has 2 aromatic carbocycles. The summed E-state index contributed by atoms with van der Waals surface area (Å²) < 4.78 is 10.6. The number of thioether (sulfide) groups is 1. The van der Waals surface area contributed by atoms with Crippen molar-refractivity contribution in [3.8, 4) is 11.5 Å². The molecule has 0 aliphatic carbocycles. The Bertz CT molecular complexity index is 1090. The predicted octanol–water partition coefficient (Wildman–Crippen LogP) is 4.19. The summed E-state index contributed by atoms with van der Waals surface area (Å²) in [6, 6.07) is 9.78. The van der Waals surface area contributed by atoms with Gasteiger partial charge in [-0.05, 0) is 53.7 Å². The number of carbonyl (C=O) groups is 3. The molecule has 154 valence electrons. The van der Waals surface area contributed by atoms with Crippen molar-refractivity contribution in [2.75, 3.05) is 19.9 Å². The fourth-order valence-electron chi connectivity index (χ4n) is 2.87. The predicted molar refractivity (Wildman–Crippen MR) is 114 cm³/mol. The van der Waals surface area contributed by atoms with Crippen molar-refractivity contribution < 1.29 is 23.9 Å². The second kappa shape index (κ2) is 8.59. The Morgan fingerprint density at radius 3 is 2.70 bits per heavy atom. The summed E-state index contributed by atoms with van der Waals surface area (Å²) in [6.07, 6.45) is 1.63. The molecule has 4 rings (SSSR count). The number of imide groups is 1. The Kier molecular flexibility index (Phi) is 5.90. The van der Waals surface area contributed by atoms with Gasteiger partial charge in [-0.15, -0.1) is 0 Å². The summed E-state index contributed by atoms with van der Waals surface area (Å²) in [4.78, 5) is 38.4. The lowest BCUT2D eigenvalue weighted by molar-refractivity contribution is -0.122. The molecule has 7 nitrogen and oxygen atoms in total. The number of benzene rings is 2. The second-order valence-electron chi connectivity index (χ2n) is 6.33. The van der Waals surface area contributed by atoms with Crippen LogP contribution in [0, 0.1) is 0 Å². The molecule has 1 fully saturated rings. The molecule has 30 heavy (non-hydrogen) atoms. The van der Waals surface area contributed by atoms with E-state index < -0.39 is 11.1 Å². The summed E-state index contributed by atoms with van der Waals surface area (Å²) in [5, 5.41) is 2.88. The van der Waals surface area contributed by atoms with Crippen molar-refractivity contribution in [1.29, 1.82) is 0 Å². The lowest BCUT2D eigenvalue weighted by atomic mass is 10.2. The van der Waals surface area contributed by atoms with E-state index in [2.05, 4.69) is 5.32 Å². The molecule has 0 radical (unpaired) electrons. The van der Waals surface area contributed by atoms with Crippen LogP contribution in [0.4, 0.5) is 4.79 Å². The molecule has 0 bridgehead atoms. The normalized spacial score (nSPS) is 16.5. The van der Waals surface area contributed by atoms with Gasteiger partial charge in [0.15, 0.2) is 11.5 Å². The van der Waals surface area contributed by atoms with E-state index in [0.29, 0.717) is 27.0 Å². The van der Waals surface area contributed by atoms with Crippen molar-refractivity contribution in [2.45, 2.75) is 0 Å². The van der Waals surface area contributed by atoms with Gasteiger partial charge in [0.1, 0.15) is 0 Å². The zero-order chi connectivity index (χ0) is 21.3. The summed E-state index contributed by atoms with van der Waals surface area (Å²) >= 11 is 12.6. The van der Waals surface area contributed by atoms with Gasteiger partial charge in [-0.1, -0.05) is 29.3 Å². The molecule has 0 spiro atoms. The SMILES string of the molecule is O=C(NCCN1C(=O)S/C(=C\c2ccc3c(c2)OCO3)C1=O)c1ccc(Cl)c(Cl)c1. The molecule has 2 aromatic rings. The first-order valence-electron chi connectivity index (χ1n) is 8.80. The van der Waals surface area contributed by atoms with E-state index in [-0.39, 0.29) is 30.8 Å². The molecule has 0 unspecified atom stereocenters. The Labute approximate surface area is 185 Å². The summed E-state index contributed by atoms with van der Waals surface area (Å²) in [5.41, 5.74) is 1.05. The van der Waals surface area contributed by atoms with Crippen LogP contribution in [-0.2, 0) is 4.79 Å². The maximum absolute atomic E-state index is 12.6. The molecule has 0 atom stereocenters. The molecule has 2 aliphatic heterocycles. The number of halogens is 2. The van der Waals surface area contributed by atoms with Crippen LogP contribution < -0.4 is 14.8 Å². The summed E-state index contributed by atoms with van der Waals surface area (Å²) in [6.45, 7) is 0.313. The Morgan fingerprint density at radius 2 is 1.90 bits per heavy atom. The molecule has 2 aliphatic rings. The van der Waals surface area contributed by atoms with Crippen molar-refractivity contribution >= 4 is 58.1 Å². The van der Waals surface area contributed by atoms with E-state index in [1.165, 1.54) is 18.2 Å². The number of amides is 3. The third-order valence-corrected chi connectivity index (χ3v) is 6.02. The molecule has 0 saturated carbocycles. The average molecular weight is 465 g/mol. The minimum Gasteiger partial charge on any atom is -0.454 e. The smallest absolute Gasteiger partial charge is 0.293 e. The molecule has 10 heteroatoms. The van der Waals surface area contributed by atoms with Gasteiger partial charge in [0.25, 0.3) is 17.1 Å². The minimum absolute atomic E-state index is 0.0518. The van der Waals surface area contributed by atoms with Gasteiger partial charge in [0, 0.05) is 18.7 Å². The largest absolute Gasteiger partial charge is 0.454 e. The molecule has 3 amide bonds. The number of hydrogen-bond donors (Lipinski definition) is 1. The summed E-state index contributed by atoms with van der Waals surface area (Å²) in [5.74, 6) is 0.439. The van der Waals surface area contributed by atoms with E-state index in [1.807, 2.05) is 0 Å². The van der Waals surface area contributed by atoms with Crippen LogP contribution in [0.3, 0.4) is 0 Å². The third kappa shape index (κ3) is 4.26. The second-order valence-corrected chi connectivity index (χ2v) is 8.14. The number of nitrogens with one attached hydrogen (secondary N) is 1. The van der Waals surface area contributed by atoms with Crippen molar-refractivity contribution in [3.05, 3.63) is 62.5 Å². The first-order chi connectivity index (χ1) is 14.4. The fourth-order valence-corrected chi connectivity index (χ4v) is 4.03. The number of rotatable bonds is 5. The number of ether oxygens (including phenoxy) is 2. The zero-order valence-corrected chi connectivity index (χ0v) is 17.6. The Hall–Kier alpha value is -2.68. The van der Waals surface area contributed by atoms with Crippen molar-refractivity contribution in [3.63, 3.8) is 0 Å². The minimum atomic E-state index is -0.411. The maximum atomic E-state index is 12.6. The first-order valence-corrected chi connectivity index (χ1v) is 10.4. The topological polar surface area (TPSA) is 84.9 Å². The van der Waals surface area contributed by atoms with E-state index in [9.17, 15) is 14.4 Å². The van der Waals surface area contributed by atoms with Crippen LogP contribution in [0.15, 0.2) is 41.3 Å². The van der Waals surface area contributed by atoms with Crippen LogP contribution in [0.2, 0.25) is 10.0 Å². The van der Waals surface area contributed by atoms with Gasteiger partial charge < -0.3 is 14.8 Å². The number of fused-ring (bicyclic) bond motifs is 1. The average Bonchev–Trinajstić information content (AvgIpc) is 3.29. The van der Waals surface area contributed by atoms with Crippen LogP contribution in [-0.4, -0.2) is 41.8 Å². The molecule has 0 aromatic heterocycles. The monoisotopic (exact) mass is 464 g/mol. The number of hydrogen-bond acceptors (Lipinski definition) is 6. The quantitative estimate of drug-likeness (QED) is 0.667. The van der Waals surface area contributed by atoms with Crippen molar-refractivity contribution in [2.24, 2.45) is 0 Å². The number of nitrogens with zero attached hydrogens (tertiary/aromatic N) is 1. The maximum Gasteiger partial charge on any atom is 0.293 e. The number of carbonyl (C=O) groups excluding carboxylic acids is 3. The van der Waals surface area contributed by atoms with E-state index in [0.717, 1.165) is 22.2 Å². The van der Waals surface area contributed by atoms with Gasteiger partial charge in [0.05, 0.1) is 15.0 Å². The van der Waals surface area contributed by atoms with Crippen LogP contribution in [0.5, 0.6) is 11.5 Å². The Morgan fingerprint density at radius 1 is 1.10 bits per heavy atom.